The second-order valence-electron chi connectivity index (χ2n) is 7.28. The first kappa shape index (κ1) is 24.4. The third kappa shape index (κ3) is 15.9. The van der Waals surface area contributed by atoms with E-state index in [0.717, 1.165) is 25.0 Å². The Hall–Kier alpha value is -1.57. The predicted molar refractivity (Wildman–Crippen MR) is 116 cm³/mol. The van der Waals surface area contributed by atoms with E-state index in [4.69, 9.17) is 0 Å². The molecule has 0 aromatic heterocycles. The van der Waals surface area contributed by atoms with Crippen LogP contribution < -0.4 is 5.32 Å². The summed E-state index contributed by atoms with van der Waals surface area (Å²) in [6, 6.07) is 0. The van der Waals surface area contributed by atoms with Crippen molar-refractivity contribution < 1.29 is 4.79 Å². The number of carbonyl (C=O) groups is 1. The Balaban J connectivity index is 4.54. The third-order valence-electron chi connectivity index (χ3n) is 4.07. The lowest BCUT2D eigenvalue weighted by molar-refractivity contribution is -0.117. The molecule has 148 valence electrons. The van der Waals surface area contributed by atoms with E-state index in [1.54, 1.807) is 0 Å². The fourth-order valence-electron chi connectivity index (χ4n) is 2.40. The average Bonchev–Trinajstić information content (AvgIpc) is 2.62. The van der Waals surface area contributed by atoms with E-state index in [1.807, 2.05) is 12.2 Å². The van der Waals surface area contributed by atoms with Crippen molar-refractivity contribution in [3.63, 3.8) is 0 Å². The smallest absolute Gasteiger partial charge is 0.247 e. The zero-order chi connectivity index (χ0) is 19.5. The number of allylic oxidation sites excluding steroid dienone is 7. The summed E-state index contributed by atoms with van der Waals surface area (Å²) < 4.78 is 0. The second kappa shape index (κ2) is 18.2. The van der Waals surface area contributed by atoms with Crippen molar-refractivity contribution in [1.82, 2.24) is 5.32 Å². The molecular weight excluding hydrogens is 318 g/mol. The highest BCUT2D eigenvalue weighted by Crippen LogP contribution is 2.07. The maximum absolute atomic E-state index is 12.4. The predicted octanol–water partition coefficient (Wildman–Crippen LogP) is 6.90. The molecule has 0 aromatic carbocycles. The van der Waals surface area contributed by atoms with Crippen molar-refractivity contribution in [3.8, 4) is 0 Å². The highest BCUT2D eigenvalue weighted by Gasteiger charge is 2.07. The SMILES string of the molecule is CCCCCC=CC=CCC(=CC=CCCCCC)C(=O)NCC(C)C. The molecular formula is C24H41NO. The highest BCUT2D eigenvalue weighted by atomic mass is 16.1. The number of carbonyl (C=O) groups excluding carboxylic acids is 1. The minimum absolute atomic E-state index is 0.0495. The van der Waals surface area contributed by atoms with Crippen molar-refractivity contribution in [2.24, 2.45) is 5.92 Å². The van der Waals surface area contributed by atoms with Crippen molar-refractivity contribution in [3.05, 3.63) is 48.1 Å². The van der Waals surface area contributed by atoms with Crippen LogP contribution in [0.2, 0.25) is 0 Å². The Morgan fingerprint density at radius 3 is 2.00 bits per heavy atom. The highest BCUT2D eigenvalue weighted by molar-refractivity contribution is 5.93. The van der Waals surface area contributed by atoms with Crippen LogP contribution >= 0.6 is 0 Å². The Labute approximate surface area is 162 Å². The van der Waals surface area contributed by atoms with E-state index in [2.05, 4.69) is 63.4 Å². The lowest BCUT2D eigenvalue weighted by Crippen LogP contribution is -2.28. The molecule has 1 amide bonds. The van der Waals surface area contributed by atoms with Gasteiger partial charge in [0, 0.05) is 12.1 Å². The summed E-state index contributed by atoms with van der Waals surface area (Å²) >= 11 is 0. The maximum atomic E-state index is 12.4. The summed E-state index contributed by atoms with van der Waals surface area (Å²) in [5, 5.41) is 3.03. The van der Waals surface area contributed by atoms with Crippen molar-refractivity contribution in [1.29, 1.82) is 0 Å². The lowest BCUT2D eigenvalue weighted by atomic mass is 10.1. The van der Waals surface area contributed by atoms with Crippen LogP contribution in [0.1, 0.15) is 85.5 Å². The molecule has 0 unspecified atom stereocenters. The van der Waals surface area contributed by atoms with Gasteiger partial charge in [0.05, 0.1) is 0 Å². The van der Waals surface area contributed by atoms with E-state index in [-0.39, 0.29) is 5.91 Å². The Kier molecular flexibility index (Phi) is 17.1. The van der Waals surface area contributed by atoms with Gasteiger partial charge < -0.3 is 5.32 Å². The summed E-state index contributed by atoms with van der Waals surface area (Å²) in [5.74, 6) is 0.514. The molecule has 26 heavy (non-hydrogen) atoms. The van der Waals surface area contributed by atoms with Crippen LogP contribution in [0.25, 0.3) is 0 Å². The largest absolute Gasteiger partial charge is 0.352 e. The van der Waals surface area contributed by atoms with Gasteiger partial charge in [-0.25, -0.2) is 0 Å². The van der Waals surface area contributed by atoms with Crippen LogP contribution in [-0.4, -0.2) is 12.5 Å². The number of amides is 1. The van der Waals surface area contributed by atoms with E-state index >= 15 is 0 Å². The van der Waals surface area contributed by atoms with Crippen LogP contribution in [0, 0.1) is 5.92 Å². The minimum atomic E-state index is 0.0495. The van der Waals surface area contributed by atoms with Gasteiger partial charge >= 0.3 is 0 Å². The number of nitrogens with one attached hydrogen (secondary N) is 1. The van der Waals surface area contributed by atoms with Crippen LogP contribution in [-0.2, 0) is 4.79 Å². The Morgan fingerprint density at radius 2 is 1.42 bits per heavy atom. The van der Waals surface area contributed by atoms with Gasteiger partial charge in [0.25, 0.3) is 0 Å². The molecule has 0 aliphatic rings. The van der Waals surface area contributed by atoms with E-state index in [0.29, 0.717) is 12.3 Å². The van der Waals surface area contributed by atoms with Crippen molar-refractivity contribution in [2.75, 3.05) is 6.54 Å². The van der Waals surface area contributed by atoms with Crippen LogP contribution in [0.5, 0.6) is 0 Å². The van der Waals surface area contributed by atoms with Crippen LogP contribution in [0.4, 0.5) is 0 Å². The number of hydrogen-bond acceptors (Lipinski definition) is 1. The first-order valence-electron chi connectivity index (χ1n) is 10.6. The molecule has 1 N–H and O–H groups in total. The van der Waals surface area contributed by atoms with E-state index < -0.39 is 0 Å². The number of hydrogen-bond donors (Lipinski definition) is 1. The van der Waals surface area contributed by atoms with Gasteiger partial charge in [-0.05, 0) is 38.0 Å². The molecule has 0 rings (SSSR count). The third-order valence-corrected chi connectivity index (χ3v) is 4.07. The summed E-state index contributed by atoms with van der Waals surface area (Å²) in [5.41, 5.74) is 0.827. The van der Waals surface area contributed by atoms with Gasteiger partial charge in [-0.2, -0.15) is 0 Å². The molecule has 2 nitrogen and oxygen atoms in total. The number of unbranched alkanes of at least 4 members (excludes halogenated alkanes) is 6. The quantitative estimate of drug-likeness (QED) is 0.192. The maximum Gasteiger partial charge on any atom is 0.247 e. The lowest BCUT2D eigenvalue weighted by Gasteiger charge is -2.09. The van der Waals surface area contributed by atoms with Gasteiger partial charge in [-0.3, -0.25) is 4.79 Å². The van der Waals surface area contributed by atoms with Crippen molar-refractivity contribution in [2.45, 2.75) is 85.5 Å². The molecule has 2 heteroatoms. The molecule has 0 aliphatic carbocycles. The fourth-order valence-corrected chi connectivity index (χ4v) is 2.40. The fraction of sp³-hybridized carbons (Fsp3) is 0.625. The van der Waals surface area contributed by atoms with Crippen LogP contribution in [0.3, 0.4) is 0 Å². The topological polar surface area (TPSA) is 29.1 Å². The molecule has 0 aliphatic heterocycles. The average molecular weight is 360 g/mol. The van der Waals surface area contributed by atoms with Gasteiger partial charge in [0.1, 0.15) is 0 Å². The normalized spacial score (nSPS) is 12.9. The molecule has 0 bridgehead atoms. The summed E-state index contributed by atoms with van der Waals surface area (Å²) in [7, 11) is 0. The summed E-state index contributed by atoms with van der Waals surface area (Å²) in [6.45, 7) is 9.38. The first-order valence-corrected chi connectivity index (χ1v) is 10.6. The monoisotopic (exact) mass is 359 g/mol. The van der Waals surface area contributed by atoms with E-state index in [1.165, 1.54) is 38.5 Å². The van der Waals surface area contributed by atoms with Gasteiger partial charge in [0.15, 0.2) is 0 Å². The van der Waals surface area contributed by atoms with Crippen LogP contribution in [0.15, 0.2) is 48.1 Å². The Bertz CT molecular complexity index is 455. The van der Waals surface area contributed by atoms with Gasteiger partial charge in [0.2, 0.25) is 5.91 Å². The number of rotatable bonds is 15. The molecule has 0 spiro atoms. The molecule has 0 heterocycles. The first-order chi connectivity index (χ1) is 12.6. The van der Waals surface area contributed by atoms with Gasteiger partial charge in [-0.15, -0.1) is 0 Å². The second-order valence-corrected chi connectivity index (χ2v) is 7.28. The molecule has 0 aromatic rings. The van der Waals surface area contributed by atoms with Crippen molar-refractivity contribution >= 4 is 5.91 Å². The minimum Gasteiger partial charge on any atom is -0.352 e. The molecule has 0 radical (unpaired) electrons. The molecule has 0 saturated carbocycles. The standard InChI is InChI=1S/C24H41NO/c1-5-7-9-11-13-14-16-18-20-23(24(26)25-21-22(3)4)19-17-15-12-10-8-6-2/h13-19,22H,5-12,20-21H2,1-4H3,(H,25,26). The molecule has 0 saturated heterocycles. The zero-order valence-corrected chi connectivity index (χ0v) is 17.6. The van der Waals surface area contributed by atoms with E-state index in [9.17, 15) is 4.79 Å². The Morgan fingerprint density at radius 1 is 0.846 bits per heavy atom. The summed E-state index contributed by atoms with van der Waals surface area (Å²) in [4.78, 5) is 12.4. The van der Waals surface area contributed by atoms with Gasteiger partial charge in [-0.1, -0.05) is 95.9 Å². The molecule has 0 fully saturated rings. The molecule has 0 atom stereocenters. The summed E-state index contributed by atoms with van der Waals surface area (Å²) in [6.07, 6.45) is 25.0. The zero-order valence-electron chi connectivity index (χ0n) is 17.6.